The zero-order valence-electron chi connectivity index (χ0n) is 13.2. The van der Waals surface area contributed by atoms with Crippen molar-refractivity contribution in [2.45, 2.75) is 19.0 Å². The Labute approximate surface area is 135 Å². The van der Waals surface area contributed by atoms with E-state index in [4.69, 9.17) is 10.6 Å². The van der Waals surface area contributed by atoms with Crippen LogP contribution in [0.25, 0.3) is 0 Å². The number of fused-ring (bicyclic) bond motifs is 1. The van der Waals surface area contributed by atoms with Crippen LogP contribution in [0, 0.1) is 0 Å². The Morgan fingerprint density at radius 3 is 2.65 bits per heavy atom. The summed E-state index contributed by atoms with van der Waals surface area (Å²) in [7, 11) is 1.65. The Bertz CT molecular complexity index is 754. The Morgan fingerprint density at radius 2 is 1.96 bits per heavy atom. The van der Waals surface area contributed by atoms with Crippen LogP contribution in [0.15, 0.2) is 63.8 Å². The van der Waals surface area contributed by atoms with Crippen LogP contribution in [0.2, 0.25) is 0 Å². The van der Waals surface area contributed by atoms with Crippen molar-refractivity contribution in [3.63, 3.8) is 0 Å². The van der Waals surface area contributed by atoms with Gasteiger partial charge in [-0.3, -0.25) is 4.99 Å². The van der Waals surface area contributed by atoms with E-state index in [1.165, 1.54) is 0 Å². The number of hydrogen-bond acceptors (Lipinski definition) is 5. The molecule has 0 aromatic heterocycles. The van der Waals surface area contributed by atoms with Crippen molar-refractivity contribution >= 4 is 11.5 Å². The fourth-order valence-corrected chi connectivity index (χ4v) is 2.60. The maximum atomic E-state index is 5.70. The van der Waals surface area contributed by atoms with Gasteiger partial charge in [0.15, 0.2) is 5.54 Å². The molecule has 6 heteroatoms. The molecule has 23 heavy (non-hydrogen) atoms. The second kappa shape index (κ2) is 6.18. The first-order valence-corrected chi connectivity index (χ1v) is 7.34. The SMILES string of the molecule is COc1ccc(CN=C(NN)C2(C)N=Nc3ccccc32)cc1. The molecule has 0 radical (unpaired) electrons. The van der Waals surface area contributed by atoms with E-state index in [0.717, 1.165) is 22.6 Å². The van der Waals surface area contributed by atoms with Gasteiger partial charge in [-0.05, 0) is 30.7 Å². The van der Waals surface area contributed by atoms with Gasteiger partial charge in [-0.2, -0.15) is 10.2 Å². The van der Waals surface area contributed by atoms with Crippen molar-refractivity contribution in [1.82, 2.24) is 5.43 Å². The number of methoxy groups -OCH3 is 1. The zero-order chi connectivity index (χ0) is 16.3. The average Bonchev–Trinajstić information content (AvgIpc) is 2.94. The normalized spacial score (nSPS) is 19.5. The Hall–Kier alpha value is -2.73. The molecule has 118 valence electrons. The smallest absolute Gasteiger partial charge is 0.164 e. The lowest BCUT2D eigenvalue weighted by atomic mass is 9.91. The summed E-state index contributed by atoms with van der Waals surface area (Å²) in [6.45, 7) is 2.45. The highest BCUT2D eigenvalue weighted by atomic mass is 16.5. The topological polar surface area (TPSA) is 84.4 Å². The molecule has 1 atom stereocenters. The molecule has 0 aliphatic carbocycles. The highest BCUT2D eigenvalue weighted by Gasteiger charge is 2.38. The van der Waals surface area contributed by atoms with E-state index >= 15 is 0 Å². The van der Waals surface area contributed by atoms with Crippen LogP contribution in [0.3, 0.4) is 0 Å². The van der Waals surface area contributed by atoms with Gasteiger partial charge >= 0.3 is 0 Å². The monoisotopic (exact) mass is 309 g/mol. The Morgan fingerprint density at radius 1 is 1.22 bits per heavy atom. The molecule has 0 saturated carbocycles. The van der Waals surface area contributed by atoms with E-state index in [2.05, 4.69) is 20.6 Å². The molecular weight excluding hydrogens is 290 g/mol. The second-order valence-corrected chi connectivity index (χ2v) is 5.45. The van der Waals surface area contributed by atoms with E-state index in [-0.39, 0.29) is 0 Å². The number of azo groups is 1. The zero-order valence-corrected chi connectivity index (χ0v) is 13.2. The third kappa shape index (κ3) is 2.80. The number of nitrogens with two attached hydrogens (primary N) is 1. The molecule has 0 fully saturated rings. The summed E-state index contributed by atoms with van der Waals surface area (Å²) >= 11 is 0. The Kier molecular flexibility index (Phi) is 4.08. The predicted molar refractivity (Wildman–Crippen MR) is 89.8 cm³/mol. The first-order chi connectivity index (χ1) is 11.2. The summed E-state index contributed by atoms with van der Waals surface area (Å²) < 4.78 is 5.16. The van der Waals surface area contributed by atoms with Gasteiger partial charge in [0.2, 0.25) is 0 Å². The third-order valence-electron chi connectivity index (χ3n) is 3.96. The van der Waals surface area contributed by atoms with E-state index < -0.39 is 5.54 Å². The summed E-state index contributed by atoms with van der Waals surface area (Å²) in [6, 6.07) is 15.6. The lowest BCUT2D eigenvalue weighted by molar-refractivity contribution is 0.414. The fourth-order valence-electron chi connectivity index (χ4n) is 2.60. The molecule has 3 N–H and O–H groups in total. The molecule has 0 amide bonds. The van der Waals surface area contributed by atoms with Crippen LogP contribution in [-0.4, -0.2) is 12.9 Å². The molecule has 2 aromatic rings. The lowest BCUT2D eigenvalue weighted by Gasteiger charge is -2.22. The van der Waals surface area contributed by atoms with Gasteiger partial charge in [0.25, 0.3) is 0 Å². The summed E-state index contributed by atoms with van der Waals surface area (Å²) in [5.41, 5.74) is 4.91. The number of rotatable bonds is 4. The first kappa shape index (κ1) is 15.2. The molecule has 3 rings (SSSR count). The van der Waals surface area contributed by atoms with Crippen LogP contribution < -0.4 is 16.0 Å². The average molecular weight is 309 g/mol. The largest absolute Gasteiger partial charge is 0.497 e. The molecule has 0 saturated heterocycles. The molecular formula is C17H19N5O. The predicted octanol–water partition coefficient (Wildman–Crippen LogP) is 3.07. The van der Waals surface area contributed by atoms with Crippen molar-refractivity contribution in [2.24, 2.45) is 21.1 Å². The van der Waals surface area contributed by atoms with Gasteiger partial charge in [0.05, 0.1) is 19.3 Å². The number of nitrogens with one attached hydrogen (secondary N) is 1. The number of amidine groups is 1. The van der Waals surface area contributed by atoms with E-state index in [0.29, 0.717) is 12.4 Å². The molecule has 2 aromatic carbocycles. The van der Waals surface area contributed by atoms with Crippen LogP contribution in [0.1, 0.15) is 18.1 Å². The van der Waals surface area contributed by atoms with E-state index in [1.807, 2.05) is 55.5 Å². The quantitative estimate of drug-likeness (QED) is 0.394. The highest BCUT2D eigenvalue weighted by Crippen LogP contribution is 2.40. The van der Waals surface area contributed by atoms with Gasteiger partial charge in [-0.15, -0.1) is 0 Å². The van der Waals surface area contributed by atoms with Gasteiger partial charge in [-0.1, -0.05) is 30.3 Å². The second-order valence-electron chi connectivity index (χ2n) is 5.45. The Balaban J connectivity index is 1.86. The molecule has 1 unspecified atom stereocenters. The number of hydrazine groups is 1. The maximum Gasteiger partial charge on any atom is 0.164 e. The molecule has 1 aliphatic rings. The summed E-state index contributed by atoms with van der Waals surface area (Å²) in [5.74, 6) is 7.11. The van der Waals surface area contributed by atoms with Crippen LogP contribution in [-0.2, 0) is 12.1 Å². The molecule has 1 aliphatic heterocycles. The van der Waals surface area contributed by atoms with Crippen molar-refractivity contribution in [3.05, 3.63) is 59.7 Å². The van der Waals surface area contributed by atoms with Gasteiger partial charge in [-0.25, -0.2) is 5.84 Å². The van der Waals surface area contributed by atoms with E-state index in [9.17, 15) is 0 Å². The van der Waals surface area contributed by atoms with Gasteiger partial charge < -0.3 is 10.2 Å². The summed E-state index contributed by atoms with van der Waals surface area (Å²) in [5, 5.41) is 8.61. The number of nitrogens with zero attached hydrogens (tertiary/aromatic N) is 3. The first-order valence-electron chi connectivity index (χ1n) is 7.34. The van der Waals surface area contributed by atoms with Crippen molar-refractivity contribution < 1.29 is 4.74 Å². The standard InChI is InChI=1S/C17H19N5O/c1-17(14-5-3-4-6-15(14)21-22-17)16(20-18)19-11-12-7-9-13(23-2)10-8-12/h3-10H,11,18H2,1-2H3,(H,19,20). The highest BCUT2D eigenvalue weighted by molar-refractivity contribution is 5.94. The summed E-state index contributed by atoms with van der Waals surface area (Å²) in [4.78, 5) is 4.61. The van der Waals surface area contributed by atoms with Crippen molar-refractivity contribution in [2.75, 3.05) is 7.11 Å². The maximum absolute atomic E-state index is 5.70. The van der Waals surface area contributed by atoms with Crippen LogP contribution in [0.4, 0.5) is 5.69 Å². The lowest BCUT2D eigenvalue weighted by Crippen LogP contribution is -2.43. The number of aliphatic imine (C=N–C) groups is 1. The van der Waals surface area contributed by atoms with Crippen molar-refractivity contribution in [3.8, 4) is 5.75 Å². The van der Waals surface area contributed by atoms with E-state index in [1.54, 1.807) is 7.11 Å². The molecule has 0 spiro atoms. The number of benzene rings is 2. The molecule has 6 nitrogen and oxygen atoms in total. The minimum Gasteiger partial charge on any atom is -0.497 e. The van der Waals surface area contributed by atoms with Crippen molar-refractivity contribution in [1.29, 1.82) is 0 Å². The number of hydrogen-bond donors (Lipinski definition) is 2. The van der Waals surface area contributed by atoms with Crippen LogP contribution >= 0.6 is 0 Å². The van der Waals surface area contributed by atoms with Gasteiger partial charge in [0, 0.05) is 5.56 Å². The fraction of sp³-hybridized carbons (Fsp3) is 0.235. The summed E-state index contributed by atoms with van der Waals surface area (Å²) in [6.07, 6.45) is 0. The number of ether oxygens (including phenoxy) is 1. The minimum atomic E-state index is -0.683. The molecule has 1 heterocycles. The minimum absolute atomic E-state index is 0.497. The third-order valence-corrected chi connectivity index (χ3v) is 3.96. The van der Waals surface area contributed by atoms with Crippen LogP contribution in [0.5, 0.6) is 5.75 Å². The molecule has 0 bridgehead atoms. The van der Waals surface area contributed by atoms with Gasteiger partial charge in [0.1, 0.15) is 11.6 Å².